The van der Waals surface area contributed by atoms with Crippen molar-refractivity contribution in [1.29, 1.82) is 0 Å². The van der Waals surface area contributed by atoms with Crippen LogP contribution in [0.5, 0.6) is 11.5 Å². The topological polar surface area (TPSA) is 366 Å². The molecule has 410 valence electrons. The number of carbonyl (C=O) groups excluding carboxylic acids is 7. The van der Waals surface area contributed by atoms with Crippen LogP contribution in [0.3, 0.4) is 0 Å². The zero-order valence-electron chi connectivity index (χ0n) is 42.0. The van der Waals surface area contributed by atoms with Gasteiger partial charge in [0.2, 0.25) is 35.4 Å². The molecule has 14 unspecified atom stereocenters. The van der Waals surface area contributed by atoms with Gasteiger partial charge in [0, 0.05) is 50.4 Å². The Bertz CT molecular complexity index is 2220. The highest BCUT2D eigenvalue weighted by Crippen LogP contribution is 2.27. The summed E-state index contributed by atoms with van der Waals surface area (Å²) in [6.45, 7) is 6.17. The fourth-order valence-electron chi connectivity index (χ4n) is 9.07. The molecule has 3 heterocycles. The van der Waals surface area contributed by atoms with Crippen molar-refractivity contribution in [3.8, 4) is 11.5 Å². The fourth-order valence-corrected chi connectivity index (χ4v) is 9.07. The van der Waals surface area contributed by atoms with Crippen LogP contribution in [0.2, 0.25) is 0 Å². The minimum atomic E-state index is -2.26. The van der Waals surface area contributed by atoms with Crippen molar-refractivity contribution < 1.29 is 83.9 Å². The summed E-state index contributed by atoms with van der Waals surface area (Å²) in [5.41, 5.74) is 0.358. The van der Waals surface area contributed by atoms with Gasteiger partial charge in [0.1, 0.15) is 60.5 Å². The third-order valence-corrected chi connectivity index (χ3v) is 13.3. The van der Waals surface area contributed by atoms with E-state index in [9.17, 15) is 74.4 Å². The van der Waals surface area contributed by atoms with Gasteiger partial charge in [0.15, 0.2) is 6.23 Å². The molecule has 0 aromatic heterocycles. The lowest BCUT2D eigenvalue weighted by atomic mass is 9.99. The molecule has 0 saturated carbocycles. The van der Waals surface area contributed by atoms with Crippen molar-refractivity contribution in [2.24, 2.45) is 5.92 Å². The van der Waals surface area contributed by atoms with Gasteiger partial charge in [-0.3, -0.25) is 33.6 Å². The van der Waals surface area contributed by atoms with Gasteiger partial charge in [0.05, 0.1) is 37.1 Å². The molecule has 3 fully saturated rings. The number of hydrogen-bond donors (Lipinski definition) is 13. The summed E-state index contributed by atoms with van der Waals surface area (Å²) in [4.78, 5) is 101. The van der Waals surface area contributed by atoms with Crippen LogP contribution >= 0.6 is 0 Å². The Morgan fingerprint density at radius 3 is 1.95 bits per heavy atom. The molecule has 2 aromatic carbocycles. The first-order chi connectivity index (χ1) is 35.1. The average molecular weight is 1040 g/mol. The Morgan fingerprint density at radius 2 is 1.31 bits per heavy atom. The first-order valence-corrected chi connectivity index (χ1v) is 25.1. The van der Waals surface area contributed by atoms with Crippen LogP contribution in [0.4, 0.5) is 0 Å². The highest BCUT2D eigenvalue weighted by Gasteiger charge is 2.50. The standard InChI is InChI=1S/C50H73N7O17/c1-5-6-7-8-9-18-73-19-20-74-33-16-12-30(13-17-33)43(65)51-34-23-37(63)46(68)55-48(70)41-42(64)26(2)24-57(41)50(72)39(28(4)59)53-47(69)40(36(62)21-29-10-14-31(60)15-11-29)54-45(67)35-22-32(61)25-56(35)49(71)38(27(3)58)52-44(34)66/h10-17,26-28,32,34-42,46,58-64,68H,5-9,18-25H2,1-4H3,(H,51,65)(H,52,66)(H,53,69)(H,54,67)(H,55,70). The molecule has 3 saturated heterocycles. The second-order valence-corrected chi connectivity index (χ2v) is 19.4. The van der Waals surface area contributed by atoms with Crippen molar-refractivity contribution in [3.63, 3.8) is 0 Å². The molecule has 2 aromatic rings. The van der Waals surface area contributed by atoms with Gasteiger partial charge < -0.3 is 86.7 Å². The Morgan fingerprint density at radius 1 is 0.703 bits per heavy atom. The van der Waals surface area contributed by atoms with Crippen molar-refractivity contribution in [1.82, 2.24) is 36.4 Å². The molecule has 3 aliphatic rings. The smallest absolute Gasteiger partial charge is 0.251 e. The summed E-state index contributed by atoms with van der Waals surface area (Å²) >= 11 is 0. The Labute approximate surface area is 428 Å². The predicted molar refractivity (Wildman–Crippen MR) is 261 cm³/mol. The lowest BCUT2D eigenvalue weighted by Crippen LogP contribution is -2.64. The number of phenols is 1. The number of unbranched alkanes of at least 4 members (excludes halogenated alkanes) is 4. The van der Waals surface area contributed by atoms with Crippen LogP contribution in [0.25, 0.3) is 0 Å². The zero-order chi connectivity index (χ0) is 54.4. The number of nitrogens with one attached hydrogen (secondary N) is 5. The summed E-state index contributed by atoms with van der Waals surface area (Å²) in [5.74, 6) is -8.46. The molecule has 13 N–H and O–H groups in total. The Balaban J connectivity index is 1.46. The quantitative estimate of drug-likeness (QED) is 0.0705. The molecular formula is C50H73N7O17. The zero-order valence-corrected chi connectivity index (χ0v) is 42.0. The van der Waals surface area contributed by atoms with Crippen LogP contribution in [0.15, 0.2) is 48.5 Å². The van der Waals surface area contributed by atoms with Gasteiger partial charge in [-0.1, -0.05) is 51.7 Å². The number of aliphatic hydroxyl groups excluding tert-OH is 7. The van der Waals surface area contributed by atoms with Crippen LogP contribution < -0.4 is 31.3 Å². The van der Waals surface area contributed by atoms with E-state index in [2.05, 4.69) is 33.5 Å². The third-order valence-electron chi connectivity index (χ3n) is 13.3. The number of amides is 7. The largest absolute Gasteiger partial charge is 0.508 e. The molecule has 14 atom stereocenters. The second-order valence-electron chi connectivity index (χ2n) is 19.4. The lowest BCUT2D eigenvalue weighted by Gasteiger charge is -2.33. The summed E-state index contributed by atoms with van der Waals surface area (Å²) in [6, 6.07) is 0.138. The van der Waals surface area contributed by atoms with Gasteiger partial charge in [-0.25, -0.2) is 0 Å². The van der Waals surface area contributed by atoms with Crippen LogP contribution in [-0.4, -0.2) is 204 Å². The van der Waals surface area contributed by atoms with E-state index in [1.807, 2.05) is 0 Å². The Kier molecular flexibility index (Phi) is 21.9. The van der Waals surface area contributed by atoms with E-state index in [-0.39, 0.29) is 30.9 Å². The number of aromatic hydroxyl groups is 1. The number of aliphatic hydroxyl groups is 7. The average Bonchev–Trinajstić information content (AvgIpc) is 3.90. The number of ether oxygens (including phenoxy) is 2. The maximum atomic E-state index is 14.4. The summed E-state index contributed by atoms with van der Waals surface area (Å²) in [5, 5.41) is 99.5. The number of phenolic OH excluding ortho intramolecular Hbond substituents is 1. The third kappa shape index (κ3) is 15.8. The van der Waals surface area contributed by atoms with E-state index >= 15 is 0 Å². The highest BCUT2D eigenvalue weighted by molar-refractivity contribution is 6.00. The molecular weight excluding hydrogens is 971 g/mol. The minimum absolute atomic E-state index is 0.00805. The molecule has 74 heavy (non-hydrogen) atoms. The maximum Gasteiger partial charge on any atom is 0.251 e. The number of rotatable bonds is 17. The SMILES string of the molecule is CCCCCCCOCCOc1ccc(C(=O)NC2CC(O)C(O)NC(=O)C3C(O)C(C)CN3C(=O)C(C(C)O)NC(=O)C(C(O)Cc3ccc(O)cc3)NC(=O)C3CC(O)CN3C(=O)C(C(C)O)NC2=O)cc1. The fraction of sp³-hybridized carbons (Fsp3) is 0.620. The van der Waals surface area contributed by atoms with E-state index in [0.29, 0.717) is 24.5 Å². The monoisotopic (exact) mass is 1040 g/mol. The van der Waals surface area contributed by atoms with Gasteiger partial charge in [-0.05, 0) is 62.2 Å². The van der Waals surface area contributed by atoms with Crippen molar-refractivity contribution in [2.45, 2.75) is 158 Å². The van der Waals surface area contributed by atoms with Gasteiger partial charge in [-0.15, -0.1) is 0 Å². The van der Waals surface area contributed by atoms with Gasteiger partial charge in [0.25, 0.3) is 5.91 Å². The number of hydrogen-bond acceptors (Lipinski definition) is 17. The normalized spacial score (nSPS) is 28.9. The first kappa shape index (κ1) is 58.9. The molecule has 7 amide bonds. The Hall–Kier alpha value is -5.99. The number of carbonyl (C=O) groups is 7. The van der Waals surface area contributed by atoms with E-state index < -0.39 is 146 Å². The van der Waals surface area contributed by atoms with Crippen molar-refractivity contribution in [3.05, 3.63) is 59.7 Å². The second kappa shape index (κ2) is 27.5. The number of fused-ring (bicyclic) bond motifs is 2. The highest BCUT2D eigenvalue weighted by atomic mass is 16.5. The maximum absolute atomic E-state index is 14.4. The first-order valence-electron chi connectivity index (χ1n) is 25.1. The van der Waals surface area contributed by atoms with E-state index in [1.54, 1.807) is 0 Å². The molecule has 0 spiro atoms. The molecule has 0 bridgehead atoms. The summed E-state index contributed by atoms with van der Waals surface area (Å²) < 4.78 is 11.4. The van der Waals surface area contributed by atoms with Crippen LogP contribution in [0, 0.1) is 5.92 Å². The predicted octanol–water partition coefficient (Wildman–Crippen LogP) is -2.96. The molecule has 5 rings (SSSR count). The van der Waals surface area contributed by atoms with Crippen LogP contribution in [-0.2, 0) is 39.9 Å². The number of benzene rings is 2. The molecule has 24 heteroatoms. The molecule has 0 radical (unpaired) electrons. The lowest BCUT2D eigenvalue weighted by molar-refractivity contribution is -0.148. The number of nitrogens with zero attached hydrogens (tertiary/aromatic N) is 2. The van der Waals surface area contributed by atoms with E-state index in [4.69, 9.17) is 9.47 Å². The van der Waals surface area contributed by atoms with Gasteiger partial charge in [-0.2, -0.15) is 0 Å². The van der Waals surface area contributed by atoms with Crippen molar-refractivity contribution in [2.75, 3.05) is 32.9 Å². The van der Waals surface area contributed by atoms with Crippen LogP contribution in [0.1, 0.15) is 88.6 Å². The molecule has 0 aliphatic carbocycles. The summed E-state index contributed by atoms with van der Waals surface area (Å²) in [7, 11) is 0. The van der Waals surface area contributed by atoms with Gasteiger partial charge >= 0.3 is 0 Å². The minimum Gasteiger partial charge on any atom is -0.508 e. The molecule has 3 aliphatic heterocycles. The van der Waals surface area contributed by atoms with E-state index in [0.717, 1.165) is 49.3 Å². The molecule has 24 nitrogen and oxygen atoms in total. The summed E-state index contributed by atoms with van der Waals surface area (Å²) in [6.07, 6.45) is -8.80. The van der Waals surface area contributed by atoms with E-state index in [1.165, 1.54) is 61.9 Å². The van der Waals surface area contributed by atoms with Crippen molar-refractivity contribution >= 4 is 41.4 Å².